The van der Waals surface area contributed by atoms with Crippen LogP contribution in [-0.2, 0) is 4.74 Å². The number of hydrogen-bond donors (Lipinski definition) is 1. The number of benzene rings is 2. The number of halogens is 1. The number of carbonyl (C=O) groups excluding carboxylic acids is 3. The first-order valence-electron chi connectivity index (χ1n) is 8.41. The zero-order valence-electron chi connectivity index (χ0n) is 14.3. The van der Waals surface area contributed by atoms with Gasteiger partial charge in [-0.05, 0) is 13.0 Å². The van der Waals surface area contributed by atoms with Crippen LogP contribution in [0.15, 0.2) is 48.5 Å². The van der Waals surface area contributed by atoms with Crippen LogP contribution in [0.5, 0.6) is 0 Å². The minimum atomic E-state index is -0.647. The van der Waals surface area contributed by atoms with Gasteiger partial charge in [-0.25, -0.2) is 4.79 Å². The number of aromatic amines is 1. The largest absolute Gasteiger partial charge is 0.461 e. The van der Waals surface area contributed by atoms with Gasteiger partial charge >= 0.3 is 5.97 Å². The molecule has 4 rings (SSSR count). The van der Waals surface area contributed by atoms with Crippen LogP contribution in [0, 0.1) is 0 Å². The molecular formula is C21H14ClNO4. The fourth-order valence-electron chi connectivity index (χ4n) is 3.34. The Morgan fingerprint density at radius 3 is 2.15 bits per heavy atom. The SMILES string of the molecule is CCOC(=O)c1[nH]c2c(c1-c1ccccc1Cl)C(=O)c1ccccc1C2=O. The number of fused-ring (bicyclic) bond motifs is 2. The topological polar surface area (TPSA) is 76.2 Å². The monoisotopic (exact) mass is 379 g/mol. The first kappa shape index (κ1) is 17.2. The average Bonchev–Trinajstić information content (AvgIpc) is 3.08. The molecule has 0 saturated heterocycles. The Balaban J connectivity index is 2.05. The van der Waals surface area contributed by atoms with Crippen molar-refractivity contribution >= 4 is 29.1 Å². The molecule has 6 heteroatoms. The summed E-state index contributed by atoms with van der Waals surface area (Å²) in [7, 11) is 0. The first-order valence-corrected chi connectivity index (χ1v) is 8.78. The van der Waals surface area contributed by atoms with Gasteiger partial charge in [-0.1, -0.05) is 54.1 Å². The normalized spacial score (nSPS) is 12.5. The Hall–Kier alpha value is -3.18. The molecule has 0 spiro atoms. The van der Waals surface area contributed by atoms with Crippen molar-refractivity contribution in [3.63, 3.8) is 0 Å². The van der Waals surface area contributed by atoms with Gasteiger partial charge in [0.2, 0.25) is 5.78 Å². The molecule has 0 amide bonds. The predicted molar refractivity (Wildman–Crippen MR) is 101 cm³/mol. The number of H-pyrrole nitrogens is 1. The zero-order valence-corrected chi connectivity index (χ0v) is 15.1. The summed E-state index contributed by atoms with van der Waals surface area (Å²) in [5, 5.41) is 0.365. The molecule has 1 aliphatic carbocycles. The predicted octanol–water partition coefficient (Wildman–Crippen LogP) is 4.29. The molecule has 0 bridgehead atoms. The van der Waals surface area contributed by atoms with E-state index in [0.29, 0.717) is 27.3 Å². The van der Waals surface area contributed by atoms with Crippen LogP contribution < -0.4 is 0 Å². The van der Waals surface area contributed by atoms with E-state index in [1.807, 2.05) is 0 Å². The van der Waals surface area contributed by atoms with Crippen molar-refractivity contribution in [2.24, 2.45) is 0 Å². The molecule has 0 aliphatic heterocycles. The molecule has 0 atom stereocenters. The Morgan fingerprint density at radius 2 is 1.52 bits per heavy atom. The minimum Gasteiger partial charge on any atom is -0.461 e. The van der Waals surface area contributed by atoms with Gasteiger partial charge in [0.25, 0.3) is 0 Å². The van der Waals surface area contributed by atoms with E-state index in [9.17, 15) is 14.4 Å². The van der Waals surface area contributed by atoms with Crippen LogP contribution >= 0.6 is 11.6 Å². The maximum atomic E-state index is 13.2. The number of carbonyl (C=O) groups is 3. The molecule has 1 aromatic heterocycles. The quantitative estimate of drug-likeness (QED) is 0.539. The van der Waals surface area contributed by atoms with E-state index in [-0.39, 0.29) is 35.1 Å². The molecule has 1 aliphatic rings. The van der Waals surface area contributed by atoms with Crippen molar-refractivity contribution in [1.82, 2.24) is 4.98 Å². The maximum absolute atomic E-state index is 13.2. The fourth-order valence-corrected chi connectivity index (χ4v) is 3.57. The lowest BCUT2D eigenvalue weighted by atomic mass is 9.85. The number of nitrogens with one attached hydrogen (secondary N) is 1. The van der Waals surface area contributed by atoms with Gasteiger partial charge in [-0.3, -0.25) is 9.59 Å². The summed E-state index contributed by atoms with van der Waals surface area (Å²) >= 11 is 6.33. The second-order valence-corrected chi connectivity index (χ2v) is 6.44. The number of ketones is 2. The molecule has 134 valence electrons. The fraction of sp³-hybridized carbons (Fsp3) is 0.0952. The lowest BCUT2D eigenvalue weighted by Crippen LogP contribution is -2.20. The van der Waals surface area contributed by atoms with Crippen LogP contribution in [-0.4, -0.2) is 29.1 Å². The highest BCUT2D eigenvalue weighted by Gasteiger charge is 2.37. The van der Waals surface area contributed by atoms with E-state index in [1.165, 1.54) is 0 Å². The Morgan fingerprint density at radius 1 is 0.926 bits per heavy atom. The summed E-state index contributed by atoms with van der Waals surface area (Å²) in [6, 6.07) is 13.4. The van der Waals surface area contributed by atoms with Crippen LogP contribution in [0.25, 0.3) is 11.1 Å². The van der Waals surface area contributed by atoms with Crippen molar-refractivity contribution in [3.8, 4) is 11.1 Å². The molecule has 3 aromatic rings. The van der Waals surface area contributed by atoms with E-state index >= 15 is 0 Å². The van der Waals surface area contributed by atoms with Crippen molar-refractivity contribution < 1.29 is 19.1 Å². The van der Waals surface area contributed by atoms with Crippen LogP contribution in [0.4, 0.5) is 0 Å². The van der Waals surface area contributed by atoms with Crippen LogP contribution in [0.2, 0.25) is 5.02 Å². The number of ether oxygens (including phenoxy) is 1. The van der Waals surface area contributed by atoms with E-state index in [2.05, 4.69) is 4.98 Å². The lowest BCUT2D eigenvalue weighted by molar-refractivity contribution is 0.0521. The molecule has 5 nitrogen and oxygen atoms in total. The average molecular weight is 380 g/mol. The third kappa shape index (κ3) is 2.59. The van der Waals surface area contributed by atoms with Gasteiger partial charge in [0.05, 0.1) is 17.9 Å². The summed E-state index contributed by atoms with van der Waals surface area (Å²) < 4.78 is 5.12. The zero-order chi connectivity index (χ0) is 19.1. The molecule has 0 unspecified atom stereocenters. The van der Waals surface area contributed by atoms with Gasteiger partial charge in [-0.2, -0.15) is 0 Å². The lowest BCUT2D eigenvalue weighted by Gasteiger charge is -2.15. The molecular weight excluding hydrogens is 366 g/mol. The summed E-state index contributed by atoms with van der Waals surface area (Å²) in [6.45, 7) is 1.84. The van der Waals surface area contributed by atoms with Gasteiger partial charge in [0.15, 0.2) is 5.78 Å². The number of esters is 1. The van der Waals surface area contributed by atoms with Crippen molar-refractivity contribution in [3.05, 3.63) is 81.6 Å². The first-order chi connectivity index (χ1) is 13.0. The number of rotatable bonds is 3. The Bertz CT molecular complexity index is 1110. The second kappa shape index (κ2) is 6.52. The van der Waals surface area contributed by atoms with Crippen molar-refractivity contribution in [1.29, 1.82) is 0 Å². The van der Waals surface area contributed by atoms with E-state index in [0.717, 1.165) is 0 Å². The molecule has 1 N–H and O–H groups in total. The molecule has 0 saturated carbocycles. The summed E-state index contributed by atoms with van der Waals surface area (Å²) in [5.41, 5.74) is 1.66. The number of hydrogen-bond acceptors (Lipinski definition) is 4. The molecule has 0 radical (unpaired) electrons. The second-order valence-electron chi connectivity index (χ2n) is 6.03. The summed E-state index contributed by atoms with van der Waals surface area (Å²) in [5.74, 6) is -1.32. The summed E-state index contributed by atoms with van der Waals surface area (Å²) in [4.78, 5) is 41.5. The van der Waals surface area contributed by atoms with Gasteiger partial charge < -0.3 is 9.72 Å². The molecule has 1 heterocycles. The van der Waals surface area contributed by atoms with Crippen LogP contribution in [0.3, 0.4) is 0 Å². The Kier molecular flexibility index (Phi) is 4.16. The highest BCUT2D eigenvalue weighted by molar-refractivity contribution is 6.35. The minimum absolute atomic E-state index is 0.0458. The van der Waals surface area contributed by atoms with Gasteiger partial charge in [0, 0.05) is 27.3 Å². The summed E-state index contributed by atoms with van der Waals surface area (Å²) in [6.07, 6.45) is 0. The molecule has 27 heavy (non-hydrogen) atoms. The van der Waals surface area contributed by atoms with Gasteiger partial charge in [-0.15, -0.1) is 0 Å². The van der Waals surface area contributed by atoms with E-state index < -0.39 is 5.97 Å². The highest BCUT2D eigenvalue weighted by Crippen LogP contribution is 2.39. The smallest absolute Gasteiger partial charge is 0.355 e. The molecule has 0 fully saturated rings. The van der Waals surface area contributed by atoms with Crippen molar-refractivity contribution in [2.75, 3.05) is 6.61 Å². The third-order valence-corrected chi connectivity index (χ3v) is 4.82. The standard InChI is InChI=1S/C21H14ClNO4/c1-2-27-21(26)18-15(13-9-5-6-10-14(13)22)16-17(23-18)20(25)12-8-4-3-7-11(12)19(16)24/h3-10,23H,2H2,1H3. The molecule has 2 aromatic carbocycles. The van der Waals surface area contributed by atoms with E-state index in [1.54, 1.807) is 55.5 Å². The van der Waals surface area contributed by atoms with Gasteiger partial charge in [0.1, 0.15) is 5.69 Å². The highest BCUT2D eigenvalue weighted by atomic mass is 35.5. The van der Waals surface area contributed by atoms with Crippen molar-refractivity contribution in [2.45, 2.75) is 6.92 Å². The van der Waals surface area contributed by atoms with E-state index in [4.69, 9.17) is 16.3 Å². The van der Waals surface area contributed by atoms with Crippen LogP contribution in [0.1, 0.15) is 49.4 Å². The third-order valence-electron chi connectivity index (χ3n) is 4.49. The Labute approximate surface area is 159 Å². The maximum Gasteiger partial charge on any atom is 0.355 e. The number of aromatic nitrogens is 1.